The lowest BCUT2D eigenvalue weighted by Crippen LogP contribution is -2.64. The van der Waals surface area contributed by atoms with Crippen molar-refractivity contribution in [3.8, 4) is 0 Å². The van der Waals surface area contributed by atoms with E-state index in [-0.39, 0.29) is 0 Å². The van der Waals surface area contributed by atoms with Gasteiger partial charge in [-0.2, -0.15) is 52.7 Å². The van der Waals surface area contributed by atoms with E-state index in [4.69, 9.17) is 0 Å². The van der Waals surface area contributed by atoms with E-state index in [1.54, 1.807) is 0 Å². The van der Waals surface area contributed by atoms with Crippen LogP contribution < -0.4 is 10.6 Å². The number of hydrogen-bond donors (Lipinski definition) is 2. The molecule has 208 valence electrons. The quantitative estimate of drug-likeness (QED) is 0.345. The zero-order valence-electron chi connectivity index (χ0n) is 16.9. The number of amides is 2. The molecule has 0 fully saturated rings. The van der Waals surface area contributed by atoms with E-state index in [9.17, 15) is 79.8 Å². The third kappa shape index (κ3) is 5.80. The van der Waals surface area contributed by atoms with Crippen molar-refractivity contribution in [1.29, 1.82) is 0 Å². The second-order valence-corrected chi connectivity index (χ2v) is 7.67. The van der Waals surface area contributed by atoms with Gasteiger partial charge < -0.3 is 10.6 Å². The summed E-state index contributed by atoms with van der Waals surface area (Å²) in [6, 6.07) is 0. The smallest absolute Gasteiger partial charge is 0.350 e. The standard InChI is InChI=1S/C15H14F16N2O2/c1-9(2,3-32-7(34)12(24,25)14(28,29)10(20,21)5(16)17)4-33-8(35)13(26,27)15(30,31)11(22,23)6(18)19/h5-6H,3-4H2,1-2H3,(H,32,34)(H,33,35). The van der Waals surface area contributed by atoms with Gasteiger partial charge in [0.2, 0.25) is 0 Å². The van der Waals surface area contributed by atoms with Gasteiger partial charge in [0.1, 0.15) is 0 Å². The summed E-state index contributed by atoms with van der Waals surface area (Å²) in [5.41, 5.74) is -2.10. The van der Waals surface area contributed by atoms with E-state index >= 15 is 0 Å². The van der Waals surface area contributed by atoms with Gasteiger partial charge in [0.25, 0.3) is 11.8 Å². The van der Waals surface area contributed by atoms with Crippen LogP contribution in [0.25, 0.3) is 0 Å². The zero-order chi connectivity index (χ0) is 28.6. The molecule has 0 saturated heterocycles. The average Bonchev–Trinajstić information content (AvgIpc) is 2.69. The number of hydrogen-bond acceptors (Lipinski definition) is 2. The van der Waals surface area contributed by atoms with E-state index < -0.39 is 78.7 Å². The monoisotopic (exact) mass is 558 g/mol. The number of rotatable bonds is 12. The summed E-state index contributed by atoms with van der Waals surface area (Å²) >= 11 is 0. The van der Waals surface area contributed by atoms with Gasteiger partial charge >= 0.3 is 48.4 Å². The minimum absolute atomic E-state index is 0.696. The molecule has 0 aliphatic rings. The van der Waals surface area contributed by atoms with Gasteiger partial charge in [-0.05, 0) is 5.41 Å². The Hall–Kier alpha value is -2.18. The highest BCUT2D eigenvalue weighted by molar-refractivity contribution is 5.85. The molecule has 0 atom stereocenters. The lowest BCUT2D eigenvalue weighted by atomic mass is 9.92. The Morgan fingerprint density at radius 3 is 1.00 bits per heavy atom. The van der Waals surface area contributed by atoms with Crippen LogP contribution in [-0.4, -0.2) is 73.3 Å². The molecule has 0 aliphatic heterocycles. The van der Waals surface area contributed by atoms with Crippen molar-refractivity contribution >= 4 is 11.8 Å². The van der Waals surface area contributed by atoms with Crippen molar-refractivity contribution in [3.63, 3.8) is 0 Å². The van der Waals surface area contributed by atoms with Gasteiger partial charge in [0, 0.05) is 13.1 Å². The summed E-state index contributed by atoms with van der Waals surface area (Å²) in [5.74, 6) is -46.8. The summed E-state index contributed by atoms with van der Waals surface area (Å²) in [6.07, 6.45) is -10.7. The Labute approximate surface area is 184 Å². The first-order chi connectivity index (χ1) is 15.1. The second-order valence-electron chi connectivity index (χ2n) is 7.67. The highest BCUT2D eigenvalue weighted by Crippen LogP contribution is 2.49. The van der Waals surface area contributed by atoms with Gasteiger partial charge in [-0.1, -0.05) is 13.8 Å². The van der Waals surface area contributed by atoms with E-state index in [1.165, 1.54) is 0 Å². The van der Waals surface area contributed by atoms with Crippen molar-refractivity contribution < 1.29 is 79.8 Å². The second kappa shape index (κ2) is 9.70. The van der Waals surface area contributed by atoms with E-state index in [1.807, 2.05) is 0 Å². The molecule has 0 heterocycles. The summed E-state index contributed by atoms with van der Waals surface area (Å²) < 4.78 is 206. The lowest BCUT2D eigenvalue weighted by Gasteiger charge is -2.33. The number of nitrogens with one attached hydrogen (secondary N) is 2. The number of carbonyl (C=O) groups excluding carboxylic acids is 2. The minimum atomic E-state index is -6.94. The number of alkyl halides is 16. The predicted molar refractivity (Wildman–Crippen MR) is 81.5 cm³/mol. The molecular weight excluding hydrogens is 544 g/mol. The van der Waals surface area contributed by atoms with Crippen LogP contribution in [0.15, 0.2) is 0 Å². The molecule has 20 heteroatoms. The highest BCUT2D eigenvalue weighted by atomic mass is 19.4. The Morgan fingerprint density at radius 2 is 0.800 bits per heavy atom. The van der Waals surface area contributed by atoms with Crippen LogP contribution in [0, 0.1) is 5.41 Å². The van der Waals surface area contributed by atoms with Crippen molar-refractivity contribution in [2.75, 3.05) is 13.1 Å². The van der Waals surface area contributed by atoms with Gasteiger partial charge in [-0.15, -0.1) is 0 Å². The van der Waals surface area contributed by atoms with Gasteiger partial charge in [0.05, 0.1) is 0 Å². The molecule has 35 heavy (non-hydrogen) atoms. The SMILES string of the molecule is CC(C)(CNC(=O)C(F)(F)C(F)(F)C(F)(F)C(F)F)CNC(=O)C(F)(F)C(F)(F)C(F)(F)C(F)F. The largest absolute Gasteiger partial charge is 0.392 e. The summed E-state index contributed by atoms with van der Waals surface area (Å²) in [6.45, 7) is -1.48. The van der Waals surface area contributed by atoms with Crippen molar-refractivity contribution in [2.45, 2.75) is 62.2 Å². The summed E-state index contributed by atoms with van der Waals surface area (Å²) in [7, 11) is 0. The molecule has 0 aromatic rings. The molecule has 0 bridgehead atoms. The number of halogens is 16. The van der Waals surface area contributed by atoms with E-state index in [0.717, 1.165) is 10.6 Å². The molecule has 2 amide bonds. The summed E-state index contributed by atoms with van der Waals surface area (Å²) in [4.78, 5) is 22.5. The highest BCUT2D eigenvalue weighted by Gasteiger charge is 2.79. The van der Waals surface area contributed by atoms with E-state index in [2.05, 4.69) is 0 Å². The average molecular weight is 558 g/mol. The molecule has 0 aromatic carbocycles. The molecule has 0 unspecified atom stereocenters. The predicted octanol–water partition coefficient (Wildman–Crippen LogP) is 4.59. The maximum absolute atomic E-state index is 13.4. The first kappa shape index (κ1) is 32.8. The van der Waals surface area contributed by atoms with Gasteiger partial charge in [0.15, 0.2) is 0 Å². The summed E-state index contributed by atoms with van der Waals surface area (Å²) in [5, 5.41) is 1.72. The van der Waals surface area contributed by atoms with Crippen LogP contribution in [-0.2, 0) is 9.59 Å². The molecule has 0 rings (SSSR count). The van der Waals surface area contributed by atoms with Gasteiger partial charge in [-0.3, -0.25) is 9.59 Å². The van der Waals surface area contributed by atoms with Crippen LogP contribution in [0.2, 0.25) is 0 Å². The normalized spacial score (nSPS) is 15.0. The zero-order valence-corrected chi connectivity index (χ0v) is 16.9. The minimum Gasteiger partial charge on any atom is -0.350 e. The Bertz CT molecular complexity index is 719. The van der Waals surface area contributed by atoms with Crippen LogP contribution in [0.4, 0.5) is 70.2 Å². The molecule has 0 aromatic heterocycles. The molecule has 4 nitrogen and oxygen atoms in total. The fourth-order valence-corrected chi connectivity index (χ4v) is 1.90. The van der Waals surface area contributed by atoms with Crippen LogP contribution in [0.5, 0.6) is 0 Å². The van der Waals surface area contributed by atoms with Crippen molar-refractivity contribution in [2.24, 2.45) is 5.41 Å². The van der Waals surface area contributed by atoms with E-state index in [0.29, 0.717) is 13.8 Å². The molecule has 0 saturated carbocycles. The molecular formula is C15H14F16N2O2. The molecule has 2 N–H and O–H groups in total. The molecule has 0 aliphatic carbocycles. The Morgan fingerprint density at radius 1 is 0.571 bits per heavy atom. The fraction of sp³-hybridized carbons (Fsp3) is 0.867. The first-order valence-electron chi connectivity index (χ1n) is 8.54. The first-order valence-corrected chi connectivity index (χ1v) is 8.54. The van der Waals surface area contributed by atoms with Crippen LogP contribution in [0.3, 0.4) is 0 Å². The maximum Gasteiger partial charge on any atom is 0.392 e. The Kier molecular flexibility index (Phi) is 9.10. The third-order valence-electron chi connectivity index (χ3n) is 4.20. The molecule has 0 radical (unpaired) electrons. The number of carbonyl (C=O) groups is 2. The maximum atomic E-state index is 13.4. The van der Waals surface area contributed by atoms with Crippen molar-refractivity contribution in [3.05, 3.63) is 0 Å². The fourth-order valence-electron chi connectivity index (χ4n) is 1.90. The van der Waals surface area contributed by atoms with Crippen LogP contribution in [0.1, 0.15) is 13.8 Å². The van der Waals surface area contributed by atoms with Crippen LogP contribution >= 0.6 is 0 Å². The van der Waals surface area contributed by atoms with Crippen molar-refractivity contribution in [1.82, 2.24) is 10.6 Å². The Balaban J connectivity index is 5.43. The molecule has 0 spiro atoms. The third-order valence-corrected chi connectivity index (χ3v) is 4.20. The lowest BCUT2D eigenvalue weighted by molar-refractivity contribution is -0.328. The topological polar surface area (TPSA) is 58.2 Å². The van der Waals surface area contributed by atoms with Gasteiger partial charge in [-0.25, -0.2) is 17.6 Å².